The molecule has 2 aliphatic rings. The summed E-state index contributed by atoms with van der Waals surface area (Å²) in [6.45, 7) is 5.16. The first kappa shape index (κ1) is 16.5. The Bertz CT molecular complexity index is 528. The van der Waals surface area contributed by atoms with Gasteiger partial charge in [0.1, 0.15) is 0 Å². The highest BCUT2D eigenvalue weighted by Gasteiger charge is 2.36. The third kappa shape index (κ3) is 4.13. The van der Waals surface area contributed by atoms with Gasteiger partial charge in [-0.3, -0.25) is 4.90 Å². The summed E-state index contributed by atoms with van der Waals surface area (Å²) in [7, 11) is 0. The number of aromatic nitrogens is 2. The second-order valence-corrected chi connectivity index (χ2v) is 6.60. The van der Waals surface area contributed by atoms with Crippen LogP contribution in [0.2, 0.25) is 0 Å². The van der Waals surface area contributed by atoms with E-state index in [1.54, 1.807) is 12.3 Å². The van der Waals surface area contributed by atoms with E-state index in [4.69, 9.17) is 0 Å². The van der Waals surface area contributed by atoms with Crippen LogP contribution < -0.4 is 4.90 Å². The van der Waals surface area contributed by atoms with Crippen LogP contribution in [0, 0.1) is 0 Å². The number of likely N-dealkylation sites (tertiary alicyclic amines) is 1. The molecule has 0 saturated carbocycles. The zero-order chi connectivity index (χ0) is 16.4. The summed E-state index contributed by atoms with van der Waals surface area (Å²) < 4.78 is 36.9. The number of rotatable bonds is 4. The van der Waals surface area contributed by atoms with Gasteiger partial charge >= 0.3 is 6.18 Å². The molecule has 23 heavy (non-hydrogen) atoms. The SMILES string of the molecule is C[C@H]1CCCCN1C1CN(c2nccc(CCC(F)(F)F)n2)C1. The van der Waals surface area contributed by atoms with Gasteiger partial charge in [0.05, 0.1) is 0 Å². The molecule has 0 amide bonds. The fourth-order valence-electron chi connectivity index (χ4n) is 3.44. The van der Waals surface area contributed by atoms with Gasteiger partial charge in [-0.25, -0.2) is 9.97 Å². The van der Waals surface area contributed by atoms with Crippen molar-refractivity contribution in [1.29, 1.82) is 0 Å². The maximum absolute atomic E-state index is 12.3. The van der Waals surface area contributed by atoms with Gasteiger partial charge in [0.25, 0.3) is 0 Å². The molecular formula is C16H23F3N4. The van der Waals surface area contributed by atoms with Crippen molar-refractivity contribution >= 4 is 5.95 Å². The summed E-state index contributed by atoms with van der Waals surface area (Å²) in [4.78, 5) is 13.1. The number of anilines is 1. The normalized spacial score (nSPS) is 23.8. The summed E-state index contributed by atoms with van der Waals surface area (Å²) >= 11 is 0. The first-order chi connectivity index (χ1) is 10.9. The molecule has 1 atom stereocenters. The lowest BCUT2D eigenvalue weighted by atomic mass is 9.98. The van der Waals surface area contributed by atoms with Gasteiger partial charge in [0, 0.05) is 43.5 Å². The predicted octanol–water partition coefficient (Wildman–Crippen LogP) is 3.03. The predicted molar refractivity (Wildman–Crippen MR) is 82.4 cm³/mol. The van der Waals surface area contributed by atoms with E-state index >= 15 is 0 Å². The molecule has 0 aromatic carbocycles. The van der Waals surface area contributed by atoms with Crippen molar-refractivity contribution in [3.63, 3.8) is 0 Å². The minimum atomic E-state index is -4.14. The van der Waals surface area contributed by atoms with Crippen LogP contribution in [0.15, 0.2) is 12.3 Å². The van der Waals surface area contributed by atoms with Crippen LogP contribution in [-0.2, 0) is 6.42 Å². The molecule has 0 N–H and O–H groups in total. The monoisotopic (exact) mass is 328 g/mol. The van der Waals surface area contributed by atoms with Crippen LogP contribution in [0.5, 0.6) is 0 Å². The lowest BCUT2D eigenvalue weighted by Crippen LogP contribution is -2.62. The van der Waals surface area contributed by atoms with Crippen LogP contribution in [-0.4, -0.2) is 52.8 Å². The number of hydrogen-bond acceptors (Lipinski definition) is 4. The van der Waals surface area contributed by atoms with Crippen LogP contribution in [0.3, 0.4) is 0 Å². The number of alkyl halides is 3. The van der Waals surface area contributed by atoms with Crippen molar-refractivity contribution in [2.45, 2.75) is 57.3 Å². The standard InChI is InChI=1S/C16H23F3N4/c1-12-4-2-3-9-23(12)14-10-22(11-14)15-20-8-6-13(21-15)5-7-16(17,18)19/h6,8,12,14H,2-5,7,9-11H2,1H3/t12-/m0/s1. The van der Waals surface area contributed by atoms with E-state index in [2.05, 4.69) is 26.7 Å². The second kappa shape index (κ2) is 6.63. The van der Waals surface area contributed by atoms with Crippen LogP contribution in [0.4, 0.5) is 19.1 Å². The Morgan fingerprint density at radius 3 is 2.74 bits per heavy atom. The topological polar surface area (TPSA) is 32.3 Å². The minimum absolute atomic E-state index is 0.0839. The van der Waals surface area contributed by atoms with Gasteiger partial charge in [0.2, 0.25) is 5.95 Å². The largest absolute Gasteiger partial charge is 0.389 e. The summed E-state index contributed by atoms with van der Waals surface area (Å²) in [5, 5.41) is 0. The lowest BCUT2D eigenvalue weighted by Gasteiger charge is -2.49. The van der Waals surface area contributed by atoms with Gasteiger partial charge in [-0.2, -0.15) is 13.2 Å². The molecule has 4 nitrogen and oxygen atoms in total. The van der Waals surface area contributed by atoms with Crippen molar-refractivity contribution in [2.75, 3.05) is 24.5 Å². The van der Waals surface area contributed by atoms with Crippen molar-refractivity contribution in [2.24, 2.45) is 0 Å². The Morgan fingerprint density at radius 2 is 2.04 bits per heavy atom. The Morgan fingerprint density at radius 1 is 1.26 bits per heavy atom. The number of nitrogens with zero attached hydrogens (tertiary/aromatic N) is 4. The molecule has 3 heterocycles. The van der Waals surface area contributed by atoms with E-state index in [9.17, 15) is 13.2 Å². The first-order valence-electron chi connectivity index (χ1n) is 8.32. The molecule has 3 rings (SSSR count). The Hall–Kier alpha value is -1.37. The number of halogens is 3. The lowest BCUT2D eigenvalue weighted by molar-refractivity contribution is -0.134. The molecule has 0 spiro atoms. The third-order valence-electron chi connectivity index (χ3n) is 4.83. The van der Waals surface area contributed by atoms with Crippen molar-refractivity contribution < 1.29 is 13.2 Å². The fourth-order valence-corrected chi connectivity index (χ4v) is 3.44. The molecule has 0 radical (unpaired) electrons. The average Bonchev–Trinajstić information content (AvgIpc) is 2.45. The third-order valence-corrected chi connectivity index (χ3v) is 4.83. The van der Waals surface area contributed by atoms with E-state index < -0.39 is 12.6 Å². The zero-order valence-electron chi connectivity index (χ0n) is 13.4. The van der Waals surface area contributed by atoms with E-state index in [1.807, 2.05) is 0 Å². The maximum atomic E-state index is 12.3. The molecule has 2 aliphatic heterocycles. The van der Waals surface area contributed by atoms with Gasteiger partial charge in [-0.05, 0) is 38.8 Å². The van der Waals surface area contributed by atoms with E-state index in [0.717, 1.165) is 19.6 Å². The van der Waals surface area contributed by atoms with E-state index in [-0.39, 0.29) is 6.42 Å². The quantitative estimate of drug-likeness (QED) is 0.850. The summed E-state index contributed by atoms with van der Waals surface area (Å²) in [5.74, 6) is 0.561. The smallest absolute Gasteiger partial charge is 0.338 e. The van der Waals surface area contributed by atoms with Crippen molar-refractivity contribution in [3.8, 4) is 0 Å². The number of piperidine rings is 1. The van der Waals surface area contributed by atoms with E-state index in [1.165, 1.54) is 19.3 Å². The zero-order valence-corrected chi connectivity index (χ0v) is 13.4. The average molecular weight is 328 g/mol. The molecule has 0 aliphatic carbocycles. The van der Waals surface area contributed by atoms with E-state index in [0.29, 0.717) is 23.7 Å². The molecule has 2 saturated heterocycles. The van der Waals surface area contributed by atoms with Gasteiger partial charge in [0.15, 0.2) is 0 Å². The first-order valence-corrected chi connectivity index (χ1v) is 8.32. The summed E-state index contributed by atoms with van der Waals surface area (Å²) in [6.07, 6.45) is 0.307. The number of hydrogen-bond donors (Lipinski definition) is 0. The highest BCUT2D eigenvalue weighted by molar-refractivity contribution is 5.36. The molecule has 0 bridgehead atoms. The highest BCUT2D eigenvalue weighted by Crippen LogP contribution is 2.27. The second-order valence-electron chi connectivity index (χ2n) is 6.60. The molecule has 128 valence electrons. The molecule has 1 aromatic rings. The molecular weight excluding hydrogens is 305 g/mol. The summed E-state index contributed by atoms with van der Waals surface area (Å²) in [5.41, 5.74) is 0.460. The molecule has 2 fully saturated rings. The minimum Gasteiger partial charge on any atom is -0.338 e. The maximum Gasteiger partial charge on any atom is 0.389 e. The summed E-state index contributed by atoms with van der Waals surface area (Å²) in [6, 6.07) is 2.71. The molecule has 0 unspecified atom stereocenters. The fraction of sp³-hybridized carbons (Fsp3) is 0.750. The highest BCUT2D eigenvalue weighted by atomic mass is 19.4. The Labute approximate surface area is 134 Å². The Balaban J connectivity index is 1.55. The van der Waals surface area contributed by atoms with Crippen molar-refractivity contribution in [3.05, 3.63) is 18.0 Å². The molecule has 7 heteroatoms. The van der Waals surface area contributed by atoms with Crippen LogP contribution in [0.25, 0.3) is 0 Å². The van der Waals surface area contributed by atoms with Crippen molar-refractivity contribution in [1.82, 2.24) is 14.9 Å². The van der Waals surface area contributed by atoms with Gasteiger partial charge in [-0.15, -0.1) is 0 Å². The molecule has 1 aromatic heterocycles. The number of aryl methyl sites for hydroxylation is 1. The van der Waals surface area contributed by atoms with Gasteiger partial charge in [-0.1, -0.05) is 6.42 Å². The van der Waals surface area contributed by atoms with Crippen LogP contribution >= 0.6 is 0 Å². The van der Waals surface area contributed by atoms with Gasteiger partial charge < -0.3 is 4.90 Å². The Kier molecular flexibility index (Phi) is 4.75. The van der Waals surface area contributed by atoms with Crippen LogP contribution in [0.1, 0.15) is 38.3 Å².